The average molecular weight is 398 g/mol. The molecule has 0 radical (unpaired) electrons. The van der Waals surface area contributed by atoms with Gasteiger partial charge in [0.2, 0.25) is 0 Å². The predicted molar refractivity (Wildman–Crippen MR) is 115 cm³/mol. The fourth-order valence-corrected chi connectivity index (χ4v) is 3.96. The lowest BCUT2D eigenvalue weighted by molar-refractivity contribution is 0.0946. The van der Waals surface area contributed by atoms with Crippen molar-refractivity contribution in [3.63, 3.8) is 0 Å². The molecule has 0 aliphatic rings. The lowest BCUT2D eigenvalue weighted by atomic mass is 10.1. The Labute approximate surface area is 171 Å². The van der Waals surface area contributed by atoms with Gasteiger partial charge in [0.1, 0.15) is 5.82 Å². The lowest BCUT2D eigenvalue weighted by Crippen LogP contribution is -2.23. The number of carbonyl (C=O) groups is 1. The summed E-state index contributed by atoms with van der Waals surface area (Å²) in [7, 11) is 0. The summed E-state index contributed by atoms with van der Waals surface area (Å²) in [6.45, 7) is 0.512. The molecule has 142 valence electrons. The number of nitrogens with one attached hydrogen (secondary N) is 1. The first kappa shape index (κ1) is 17.5. The summed E-state index contributed by atoms with van der Waals surface area (Å²) in [5, 5.41) is 9.41. The second-order valence-electron chi connectivity index (χ2n) is 6.68. The average Bonchev–Trinajstić information content (AvgIpc) is 3.52. The molecule has 29 heavy (non-hydrogen) atoms. The number of hydrogen-bond donors (Lipinski definition) is 1. The topological polar surface area (TPSA) is 51.3 Å². The van der Waals surface area contributed by atoms with Crippen molar-refractivity contribution in [3.8, 4) is 16.9 Å². The molecular weight excluding hydrogens is 380 g/mol. The third-order valence-electron chi connectivity index (χ3n) is 4.80. The monoisotopic (exact) mass is 398 g/mol. The molecule has 0 bridgehead atoms. The van der Waals surface area contributed by atoms with Crippen LogP contribution in [0.15, 0.2) is 90.6 Å². The van der Waals surface area contributed by atoms with Crippen LogP contribution < -0.4 is 5.32 Å². The van der Waals surface area contributed by atoms with Gasteiger partial charge in [0.15, 0.2) is 5.69 Å². The van der Waals surface area contributed by atoms with Gasteiger partial charge >= 0.3 is 0 Å². The first-order valence-corrected chi connectivity index (χ1v) is 10.2. The molecule has 1 amide bonds. The normalized spacial score (nSPS) is 11.0. The number of nitrogens with zero attached hydrogens (tertiary/aromatic N) is 3. The molecule has 0 fully saturated rings. The molecular formula is C23H18N4OS. The van der Waals surface area contributed by atoms with Crippen LogP contribution in [0.3, 0.4) is 0 Å². The number of carbonyl (C=O) groups excluding carboxylic acids is 1. The Morgan fingerprint density at radius 2 is 1.79 bits per heavy atom. The summed E-state index contributed by atoms with van der Waals surface area (Å²) in [6, 6.07) is 24.2. The lowest BCUT2D eigenvalue weighted by Gasteiger charge is -2.07. The predicted octanol–water partition coefficient (Wildman–Crippen LogP) is 4.78. The van der Waals surface area contributed by atoms with Gasteiger partial charge in [-0.05, 0) is 46.8 Å². The van der Waals surface area contributed by atoms with E-state index in [0.29, 0.717) is 12.2 Å². The van der Waals surface area contributed by atoms with Gasteiger partial charge < -0.3 is 9.72 Å². The fraction of sp³-hybridized carbons (Fsp3) is 0.0435. The Morgan fingerprint density at radius 3 is 2.62 bits per heavy atom. The highest BCUT2D eigenvalue weighted by Crippen LogP contribution is 2.22. The molecule has 1 aromatic carbocycles. The van der Waals surface area contributed by atoms with E-state index in [-0.39, 0.29) is 5.91 Å². The molecule has 1 N–H and O–H groups in total. The van der Waals surface area contributed by atoms with Crippen LogP contribution in [0, 0.1) is 0 Å². The third-order valence-corrected chi connectivity index (χ3v) is 5.67. The molecule has 5 aromatic rings. The van der Waals surface area contributed by atoms with Gasteiger partial charge in [0.05, 0.1) is 6.54 Å². The molecule has 0 atom stereocenters. The van der Waals surface area contributed by atoms with Crippen molar-refractivity contribution in [3.05, 3.63) is 101 Å². The van der Waals surface area contributed by atoms with Crippen LogP contribution in [0.1, 0.15) is 15.4 Å². The Morgan fingerprint density at radius 1 is 0.931 bits per heavy atom. The summed E-state index contributed by atoms with van der Waals surface area (Å²) < 4.78 is 3.82. The van der Waals surface area contributed by atoms with E-state index in [1.807, 2.05) is 54.0 Å². The molecule has 0 unspecified atom stereocenters. The number of aromatic nitrogens is 3. The zero-order valence-electron chi connectivity index (χ0n) is 15.5. The van der Waals surface area contributed by atoms with Crippen molar-refractivity contribution in [2.45, 2.75) is 6.54 Å². The summed E-state index contributed by atoms with van der Waals surface area (Å²) >= 11 is 1.62. The number of amides is 1. The van der Waals surface area contributed by atoms with Gasteiger partial charge in [0.25, 0.3) is 5.91 Å². The highest BCUT2D eigenvalue weighted by atomic mass is 32.1. The smallest absolute Gasteiger partial charge is 0.272 e. The van der Waals surface area contributed by atoms with E-state index in [1.165, 1.54) is 0 Å². The van der Waals surface area contributed by atoms with E-state index in [9.17, 15) is 4.79 Å². The van der Waals surface area contributed by atoms with Crippen LogP contribution in [-0.2, 0) is 6.54 Å². The molecule has 6 heteroatoms. The maximum absolute atomic E-state index is 12.4. The van der Waals surface area contributed by atoms with E-state index in [2.05, 4.69) is 45.3 Å². The number of fused-ring (bicyclic) bond motifs is 1. The van der Waals surface area contributed by atoms with E-state index in [0.717, 1.165) is 27.3 Å². The SMILES string of the molecule is O=C(NCc1cccs1)c1ccn(-c2ccc3ccc(-c4ccccc4)cn23)n1. The molecule has 4 heterocycles. The highest BCUT2D eigenvalue weighted by Gasteiger charge is 2.12. The van der Waals surface area contributed by atoms with E-state index >= 15 is 0 Å². The molecule has 0 aliphatic heterocycles. The van der Waals surface area contributed by atoms with Gasteiger partial charge in [-0.25, -0.2) is 4.68 Å². The molecule has 4 aromatic heterocycles. The van der Waals surface area contributed by atoms with E-state index in [1.54, 1.807) is 22.1 Å². The Bertz CT molecular complexity index is 1270. The van der Waals surface area contributed by atoms with E-state index < -0.39 is 0 Å². The summed E-state index contributed by atoms with van der Waals surface area (Å²) in [4.78, 5) is 13.6. The Kier molecular flexibility index (Phi) is 4.46. The molecule has 0 saturated carbocycles. The molecule has 5 rings (SSSR count). The molecule has 5 nitrogen and oxygen atoms in total. The Hall–Kier alpha value is -3.64. The zero-order chi connectivity index (χ0) is 19.6. The molecule has 0 spiro atoms. The van der Waals surface area contributed by atoms with Gasteiger partial charge in [-0.2, -0.15) is 5.10 Å². The van der Waals surface area contributed by atoms with Gasteiger partial charge in [-0.15, -0.1) is 11.3 Å². The second-order valence-corrected chi connectivity index (χ2v) is 7.71. The summed E-state index contributed by atoms with van der Waals surface area (Å²) in [6.07, 6.45) is 3.91. The van der Waals surface area contributed by atoms with Gasteiger partial charge in [0, 0.05) is 22.8 Å². The summed E-state index contributed by atoms with van der Waals surface area (Å²) in [5.74, 6) is 0.707. The molecule has 0 aliphatic carbocycles. The van der Waals surface area contributed by atoms with Crippen molar-refractivity contribution in [1.29, 1.82) is 0 Å². The van der Waals surface area contributed by atoms with Crippen LogP contribution in [0.4, 0.5) is 0 Å². The first-order valence-electron chi connectivity index (χ1n) is 9.31. The maximum atomic E-state index is 12.4. The maximum Gasteiger partial charge on any atom is 0.272 e. The van der Waals surface area contributed by atoms with E-state index in [4.69, 9.17) is 0 Å². The van der Waals surface area contributed by atoms with Crippen LogP contribution in [0.2, 0.25) is 0 Å². The highest BCUT2D eigenvalue weighted by molar-refractivity contribution is 7.09. The quantitative estimate of drug-likeness (QED) is 0.463. The van der Waals surface area contributed by atoms with Gasteiger partial charge in [-0.1, -0.05) is 42.5 Å². The van der Waals surface area contributed by atoms with Crippen LogP contribution in [0.25, 0.3) is 22.5 Å². The van der Waals surface area contributed by atoms with Crippen molar-refractivity contribution in [2.75, 3.05) is 0 Å². The van der Waals surface area contributed by atoms with Crippen molar-refractivity contribution < 1.29 is 4.79 Å². The van der Waals surface area contributed by atoms with Crippen molar-refractivity contribution in [1.82, 2.24) is 19.5 Å². The number of rotatable bonds is 5. The van der Waals surface area contributed by atoms with Crippen molar-refractivity contribution in [2.24, 2.45) is 0 Å². The third kappa shape index (κ3) is 3.46. The number of thiophene rings is 1. The Balaban J connectivity index is 1.43. The minimum Gasteiger partial charge on any atom is -0.346 e. The number of benzene rings is 1. The zero-order valence-corrected chi connectivity index (χ0v) is 16.3. The summed E-state index contributed by atoms with van der Waals surface area (Å²) in [5.41, 5.74) is 3.74. The fourth-order valence-electron chi connectivity index (χ4n) is 3.32. The van der Waals surface area contributed by atoms with Crippen LogP contribution in [-0.4, -0.2) is 20.1 Å². The second kappa shape index (κ2) is 7.41. The number of hydrogen-bond acceptors (Lipinski definition) is 3. The number of pyridine rings is 1. The largest absolute Gasteiger partial charge is 0.346 e. The van der Waals surface area contributed by atoms with Gasteiger partial charge in [-0.3, -0.25) is 4.79 Å². The molecule has 0 saturated heterocycles. The standard InChI is InChI=1S/C23H18N4OS/c28-23(24-15-20-7-4-14-29-20)21-12-13-27(25-21)22-11-10-19-9-8-18(16-26(19)22)17-5-2-1-3-6-17/h1-14,16H,15H2,(H,24,28). The van der Waals surface area contributed by atoms with Crippen molar-refractivity contribution >= 4 is 22.8 Å². The first-order chi connectivity index (χ1) is 14.3. The minimum absolute atomic E-state index is 0.178. The minimum atomic E-state index is -0.178. The van der Waals surface area contributed by atoms with Crippen LogP contribution in [0.5, 0.6) is 0 Å². The van der Waals surface area contributed by atoms with Crippen LogP contribution >= 0.6 is 11.3 Å².